The van der Waals surface area contributed by atoms with Crippen LogP contribution in [0.2, 0.25) is 0 Å². The van der Waals surface area contributed by atoms with E-state index in [1.807, 2.05) is 0 Å². The van der Waals surface area contributed by atoms with Gasteiger partial charge in [0, 0.05) is 5.56 Å². The molecule has 0 saturated carbocycles. The standard InChI is InChI=1S/C26H40N2O/c1-3-5-7-8-9-10-11-12-14-20-29-25-21-27-26(28-22-25)24-18-16-23(17-19-24)15-13-6-4-2/h16-19,21-22H,3-15,20H2,1-2H3. The van der Waals surface area contributed by atoms with Crippen LogP contribution in [-0.4, -0.2) is 16.6 Å². The maximum absolute atomic E-state index is 5.81. The van der Waals surface area contributed by atoms with E-state index in [2.05, 4.69) is 48.1 Å². The van der Waals surface area contributed by atoms with Crippen molar-refractivity contribution in [2.45, 2.75) is 97.3 Å². The van der Waals surface area contributed by atoms with E-state index in [1.54, 1.807) is 12.4 Å². The number of benzene rings is 1. The Labute approximate surface area is 178 Å². The predicted octanol–water partition coefficient (Wildman–Crippen LogP) is 7.79. The number of ether oxygens (including phenoxy) is 1. The highest BCUT2D eigenvalue weighted by atomic mass is 16.5. The Bertz CT molecular complexity index is 637. The van der Waals surface area contributed by atoms with Gasteiger partial charge in [0.05, 0.1) is 19.0 Å². The highest BCUT2D eigenvalue weighted by molar-refractivity contribution is 5.55. The Hall–Kier alpha value is -1.90. The van der Waals surface area contributed by atoms with Gasteiger partial charge in [-0.2, -0.15) is 0 Å². The first-order valence-electron chi connectivity index (χ1n) is 11.9. The predicted molar refractivity (Wildman–Crippen MR) is 123 cm³/mol. The third-order valence-corrected chi connectivity index (χ3v) is 5.43. The van der Waals surface area contributed by atoms with Crippen LogP contribution in [0.15, 0.2) is 36.7 Å². The quantitative estimate of drug-likeness (QED) is 0.272. The summed E-state index contributed by atoms with van der Waals surface area (Å²) in [5.41, 5.74) is 2.46. The van der Waals surface area contributed by atoms with E-state index in [0.717, 1.165) is 36.6 Å². The molecule has 0 aliphatic carbocycles. The van der Waals surface area contributed by atoms with Gasteiger partial charge in [0.25, 0.3) is 0 Å². The van der Waals surface area contributed by atoms with E-state index in [4.69, 9.17) is 4.74 Å². The minimum absolute atomic E-state index is 0.755. The minimum atomic E-state index is 0.755. The Morgan fingerprint density at radius 3 is 1.83 bits per heavy atom. The summed E-state index contributed by atoms with van der Waals surface area (Å²) in [6.45, 7) is 5.26. The lowest BCUT2D eigenvalue weighted by atomic mass is 10.1. The molecule has 1 heterocycles. The van der Waals surface area contributed by atoms with Crippen LogP contribution in [0.3, 0.4) is 0 Å². The van der Waals surface area contributed by atoms with Gasteiger partial charge in [0.2, 0.25) is 0 Å². The zero-order valence-electron chi connectivity index (χ0n) is 18.7. The number of unbranched alkanes of at least 4 members (excludes halogenated alkanes) is 10. The largest absolute Gasteiger partial charge is 0.490 e. The van der Waals surface area contributed by atoms with Crippen molar-refractivity contribution >= 4 is 0 Å². The van der Waals surface area contributed by atoms with Gasteiger partial charge in [0.15, 0.2) is 11.6 Å². The van der Waals surface area contributed by atoms with Crippen LogP contribution < -0.4 is 4.74 Å². The summed E-state index contributed by atoms with van der Waals surface area (Å²) in [4.78, 5) is 8.96. The van der Waals surface area contributed by atoms with Gasteiger partial charge in [-0.1, -0.05) is 102 Å². The fourth-order valence-electron chi connectivity index (χ4n) is 3.54. The first-order valence-corrected chi connectivity index (χ1v) is 11.9. The molecule has 0 aliphatic heterocycles. The summed E-state index contributed by atoms with van der Waals surface area (Å²) >= 11 is 0. The number of hydrogen-bond donors (Lipinski definition) is 0. The molecule has 3 heteroatoms. The molecule has 1 aromatic heterocycles. The minimum Gasteiger partial charge on any atom is -0.490 e. The molecule has 0 N–H and O–H groups in total. The van der Waals surface area contributed by atoms with Crippen molar-refractivity contribution in [1.29, 1.82) is 0 Å². The van der Waals surface area contributed by atoms with E-state index in [0.29, 0.717) is 0 Å². The molecule has 0 unspecified atom stereocenters. The van der Waals surface area contributed by atoms with E-state index < -0.39 is 0 Å². The summed E-state index contributed by atoms with van der Waals surface area (Å²) in [6, 6.07) is 8.64. The molecule has 29 heavy (non-hydrogen) atoms. The average molecular weight is 397 g/mol. The smallest absolute Gasteiger partial charge is 0.159 e. The Morgan fingerprint density at radius 1 is 0.655 bits per heavy atom. The molecule has 0 spiro atoms. The van der Waals surface area contributed by atoms with Crippen LogP contribution >= 0.6 is 0 Å². The van der Waals surface area contributed by atoms with Gasteiger partial charge in [0.1, 0.15) is 0 Å². The average Bonchev–Trinajstić information content (AvgIpc) is 2.76. The number of aromatic nitrogens is 2. The third kappa shape index (κ3) is 9.92. The molecule has 1 aromatic carbocycles. The molecule has 3 nitrogen and oxygen atoms in total. The van der Waals surface area contributed by atoms with Crippen LogP contribution in [-0.2, 0) is 6.42 Å². The summed E-state index contributed by atoms with van der Waals surface area (Å²) in [6.07, 6.45) is 20.5. The van der Waals surface area contributed by atoms with Crippen molar-refractivity contribution in [2.24, 2.45) is 0 Å². The summed E-state index contributed by atoms with van der Waals surface area (Å²) in [5.74, 6) is 1.53. The Kier molecular flexibility index (Phi) is 12.1. The molecule has 0 bridgehead atoms. The van der Waals surface area contributed by atoms with Gasteiger partial charge >= 0.3 is 0 Å². The van der Waals surface area contributed by atoms with Gasteiger partial charge in [-0.15, -0.1) is 0 Å². The number of aryl methyl sites for hydroxylation is 1. The van der Waals surface area contributed by atoms with Crippen molar-refractivity contribution in [3.63, 3.8) is 0 Å². The van der Waals surface area contributed by atoms with E-state index in [9.17, 15) is 0 Å². The van der Waals surface area contributed by atoms with Crippen LogP contribution in [0, 0.1) is 0 Å². The van der Waals surface area contributed by atoms with Crippen molar-refractivity contribution in [3.05, 3.63) is 42.2 Å². The molecule has 0 fully saturated rings. The molecule has 0 saturated heterocycles. The third-order valence-electron chi connectivity index (χ3n) is 5.43. The topological polar surface area (TPSA) is 35.0 Å². The molecular weight excluding hydrogens is 356 g/mol. The molecule has 0 radical (unpaired) electrons. The fourth-order valence-corrected chi connectivity index (χ4v) is 3.54. The van der Waals surface area contributed by atoms with Crippen LogP contribution in [0.5, 0.6) is 5.75 Å². The highest BCUT2D eigenvalue weighted by Gasteiger charge is 2.03. The van der Waals surface area contributed by atoms with Crippen LogP contribution in [0.4, 0.5) is 0 Å². The number of hydrogen-bond acceptors (Lipinski definition) is 3. The van der Waals surface area contributed by atoms with Crippen molar-refractivity contribution in [1.82, 2.24) is 9.97 Å². The molecule has 0 aliphatic rings. The zero-order chi connectivity index (χ0) is 20.6. The van der Waals surface area contributed by atoms with E-state index in [1.165, 1.54) is 76.2 Å². The lowest BCUT2D eigenvalue weighted by molar-refractivity contribution is 0.302. The van der Waals surface area contributed by atoms with Crippen molar-refractivity contribution < 1.29 is 4.74 Å². The normalized spacial score (nSPS) is 11.0. The van der Waals surface area contributed by atoms with Gasteiger partial charge < -0.3 is 4.74 Å². The molecule has 2 aromatic rings. The molecule has 0 atom stereocenters. The maximum atomic E-state index is 5.81. The van der Waals surface area contributed by atoms with Gasteiger partial charge in [-0.05, 0) is 24.8 Å². The summed E-state index contributed by atoms with van der Waals surface area (Å²) in [7, 11) is 0. The summed E-state index contributed by atoms with van der Waals surface area (Å²) < 4.78 is 5.81. The molecule has 160 valence electrons. The molecular formula is C26H40N2O. The number of rotatable bonds is 16. The highest BCUT2D eigenvalue weighted by Crippen LogP contribution is 2.18. The first kappa shape index (κ1) is 23.4. The fraction of sp³-hybridized carbons (Fsp3) is 0.615. The lowest BCUT2D eigenvalue weighted by Gasteiger charge is -2.07. The zero-order valence-corrected chi connectivity index (χ0v) is 18.7. The molecule has 0 amide bonds. The first-order chi connectivity index (χ1) is 14.3. The van der Waals surface area contributed by atoms with E-state index >= 15 is 0 Å². The lowest BCUT2D eigenvalue weighted by Crippen LogP contribution is -1.99. The number of nitrogens with zero attached hydrogens (tertiary/aromatic N) is 2. The second-order valence-electron chi connectivity index (χ2n) is 8.07. The van der Waals surface area contributed by atoms with Gasteiger partial charge in [-0.25, -0.2) is 9.97 Å². The van der Waals surface area contributed by atoms with Crippen LogP contribution in [0.1, 0.15) is 96.5 Å². The summed E-state index contributed by atoms with van der Waals surface area (Å²) in [5, 5.41) is 0. The van der Waals surface area contributed by atoms with E-state index in [-0.39, 0.29) is 0 Å². The second-order valence-corrected chi connectivity index (χ2v) is 8.07. The SMILES string of the molecule is CCCCCCCCCCCOc1cnc(-c2ccc(CCCCC)cc2)nc1. The molecule has 2 rings (SSSR count). The second kappa shape index (κ2) is 15.0. The van der Waals surface area contributed by atoms with Crippen molar-refractivity contribution in [3.8, 4) is 17.1 Å². The monoisotopic (exact) mass is 396 g/mol. The Balaban J connectivity index is 1.62. The maximum Gasteiger partial charge on any atom is 0.159 e. The van der Waals surface area contributed by atoms with Gasteiger partial charge in [-0.3, -0.25) is 0 Å². The Morgan fingerprint density at radius 2 is 1.21 bits per heavy atom. The van der Waals surface area contributed by atoms with Crippen molar-refractivity contribution in [2.75, 3.05) is 6.61 Å². The van der Waals surface area contributed by atoms with Crippen LogP contribution in [0.25, 0.3) is 11.4 Å².